The zero-order chi connectivity index (χ0) is 13.8. The van der Waals surface area contributed by atoms with Crippen LogP contribution >= 0.6 is 15.9 Å². The van der Waals surface area contributed by atoms with Gasteiger partial charge in [0.15, 0.2) is 0 Å². The third kappa shape index (κ3) is 3.44. The average molecular weight is 319 g/mol. The summed E-state index contributed by atoms with van der Waals surface area (Å²) in [6.45, 7) is 4.30. The van der Waals surface area contributed by atoms with Crippen molar-refractivity contribution in [2.24, 2.45) is 5.84 Å². The van der Waals surface area contributed by atoms with Gasteiger partial charge in [-0.2, -0.15) is 0 Å². The number of halogens is 1. The number of nitrogens with one attached hydrogen (secondary N) is 1. The quantitative estimate of drug-likeness (QED) is 0.664. The maximum Gasteiger partial charge on any atom is 0.0500 e. The summed E-state index contributed by atoms with van der Waals surface area (Å²) in [5, 5.41) is 0. The molecule has 0 aliphatic carbocycles. The van der Waals surface area contributed by atoms with E-state index >= 15 is 0 Å². The molecule has 3 heteroatoms. The number of hydrazine groups is 1. The Morgan fingerprint density at radius 1 is 1.05 bits per heavy atom. The molecule has 0 fully saturated rings. The van der Waals surface area contributed by atoms with Crippen LogP contribution in [0.4, 0.5) is 0 Å². The molecule has 2 rings (SSSR count). The first-order valence-corrected chi connectivity index (χ1v) is 7.18. The molecule has 19 heavy (non-hydrogen) atoms. The molecule has 2 nitrogen and oxygen atoms in total. The molecule has 2 aromatic rings. The van der Waals surface area contributed by atoms with Crippen molar-refractivity contribution in [2.75, 3.05) is 0 Å². The van der Waals surface area contributed by atoms with Crippen molar-refractivity contribution in [1.82, 2.24) is 5.43 Å². The van der Waals surface area contributed by atoms with Gasteiger partial charge in [-0.3, -0.25) is 11.3 Å². The highest BCUT2D eigenvalue weighted by molar-refractivity contribution is 9.10. The highest BCUT2D eigenvalue weighted by Gasteiger charge is 2.13. The second kappa shape index (κ2) is 6.33. The molecule has 0 aliphatic rings. The molecule has 0 spiro atoms. The SMILES string of the molecule is Cc1cccc(C)c1CC(NN)c1ccc(Br)cc1. The van der Waals surface area contributed by atoms with Crippen LogP contribution < -0.4 is 11.3 Å². The first kappa shape index (κ1) is 14.3. The zero-order valence-electron chi connectivity index (χ0n) is 11.3. The number of hydrogen-bond donors (Lipinski definition) is 2. The van der Waals surface area contributed by atoms with E-state index in [2.05, 4.69) is 65.5 Å². The Bertz CT molecular complexity index is 529. The zero-order valence-corrected chi connectivity index (χ0v) is 12.9. The van der Waals surface area contributed by atoms with Crippen molar-refractivity contribution < 1.29 is 0 Å². The Labute approximate surface area is 123 Å². The molecule has 2 aromatic carbocycles. The predicted octanol–water partition coefficient (Wildman–Crippen LogP) is 3.81. The Balaban J connectivity index is 2.26. The largest absolute Gasteiger partial charge is 0.271 e. The van der Waals surface area contributed by atoms with Crippen LogP contribution in [0.25, 0.3) is 0 Å². The first-order valence-electron chi connectivity index (χ1n) is 6.38. The van der Waals surface area contributed by atoms with Gasteiger partial charge >= 0.3 is 0 Å². The van der Waals surface area contributed by atoms with Gasteiger partial charge in [-0.05, 0) is 54.7 Å². The summed E-state index contributed by atoms with van der Waals surface area (Å²) in [5.41, 5.74) is 8.13. The molecule has 1 atom stereocenters. The number of aryl methyl sites for hydroxylation is 2. The second-order valence-corrected chi connectivity index (χ2v) is 5.76. The molecular formula is C16H19BrN2. The van der Waals surface area contributed by atoms with Crippen LogP contribution in [0.1, 0.15) is 28.3 Å². The lowest BCUT2D eigenvalue weighted by atomic mass is 9.93. The van der Waals surface area contributed by atoms with E-state index in [9.17, 15) is 0 Å². The van der Waals surface area contributed by atoms with Gasteiger partial charge in [0.25, 0.3) is 0 Å². The molecule has 1 unspecified atom stereocenters. The monoisotopic (exact) mass is 318 g/mol. The minimum absolute atomic E-state index is 0.132. The van der Waals surface area contributed by atoms with Crippen LogP contribution in [-0.2, 0) is 6.42 Å². The van der Waals surface area contributed by atoms with Crippen LogP contribution in [-0.4, -0.2) is 0 Å². The van der Waals surface area contributed by atoms with Gasteiger partial charge in [0.2, 0.25) is 0 Å². The summed E-state index contributed by atoms with van der Waals surface area (Å²) < 4.78 is 1.08. The van der Waals surface area contributed by atoms with Crippen molar-refractivity contribution in [3.63, 3.8) is 0 Å². The van der Waals surface area contributed by atoms with E-state index in [1.807, 2.05) is 12.1 Å². The fourth-order valence-corrected chi connectivity index (χ4v) is 2.61. The molecule has 0 aliphatic heterocycles. The minimum atomic E-state index is 0.132. The van der Waals surface area contributed by atoms with Crippen LogP contribution in [0.2, 0.25) is 0 Å². The summed E-state index contributed by atoms with van der Waals surface area (Å²) in [4.78, 5) is 0. The van der Waals surface area contributed by atoms with E-state index in [-0.39, 0.29) is 6.04 Å². The van der Waals surface area contributed by atoms with Gasteiger partial charge in [-0.15, -0.1) is 0 Å². The van der Waals surface area contributed by atoms with Crippen molar-refractivity contribution in [3.8, 4) is 0 Å². The smallest absolute Gasteiger partial charge is 0.0500 e. The van der Waals surface area contributed by atoms with Crippen molar-refractivity contribution >= 4 is 15.9 Å². The normalized spacial score (nSPS) is 12.4. The van der Waals surface area contributed by atoms with E-state index in [1.54, 1.807) is 0 Å². The fraction of sp³-hybridized carbons (Fsp3) is 0.250. The highest BCUT2D eigenvalue weighted by Crippen LogP contribution is 2.23. The van der Waals surface area contributed by atoms with E-state index in [1.165, 1.54) is 22.3 Å². The molecule has 100 valence electrons. The Hall–Kier alpha value is -1.16. The highest BCUT2D eigenvalue weighted by atomic mass is 79.9. The van der Waals surface area contributed by atoms with Gasteiger partial charge in [-0.1, -0.05) is 46.3 Å². The van der Waals surface area contributed by atoms with E-state index in [0.29, 0.717) is 0 Å². The molecule has 0 amide bonds. The number of rotatable bonds is 4. The van der Waals surface area contributed by atoms with E-state index < -0.39 is 0 Å². The van der Waals surface area contributed by atoms with Crippen molar-refractivity contribution in [3.05, 3.63) is 69.2 Å². The molecule has 0 heterocycles. The molecule has 0 bridgehead atoms. The maximum atomic E-state index is 5.73. The molecule has 0 aromatic heterocycles. The van der Waals surface area contributed by atoms with Crippen LogP contribution in [0, 0.1) is 13.8 Å². The average Bonchev–Trinajstić information content (AvgIpc) is 2.40. The second-order valence-electron chi connectivity index (χ2n) is 4.85. The van der Waals surface area contributed by atoms with E-state index in [4.69, 9.17) is 5.84 Å². The van der Waals surface area contributed by atoms with Crippen LogP contribution in [0.3, 0.4) is 0 Å². The van der Waals surface area contributed by atoms with Crippen LogP contribution in [0.5, 0.6) is 0 Å². The lowest BCUT2D eigenvalue weighted by molar-refractivity contribution is 0.549. The number of nitrogens with two attached hydrogens (primary N) is 1. The number of hydrogen-bond acceptors (Lipinski definition) is 2. The fourth-order valence-electron chi connectivity index (χ4n) is 2.34. The topological polar surface area (TPSA) is 38.0 Å². The Kier molecular flexibility index (Phi) is 4.75. The van der Waals surface area contributed by atoms with Gasteiger partial charge in [-0.25, -0.2) is 0 Å². The molecule has 0 radical (unpaired) electrons. The van der Waals surface area contributed by atoms with Gasteiger partial charge < -0.3 is 0 Å². The lowest BCUT2D eigenvalue weighted by Crippen LogP contribution is -2.30. The number of benzene rings is 2. The molecular weight excluding hydrogens is 300 g/mol. The lowest BCUT2D eigenvalue weighted by Gasteiger charge is -2.19. The minimum Gasteiger partial charge on any atom is -0.271 e. The van der Waals surface area contributed by atoms with Gasteiger partial charge in [0.05, 0.1) is 0 Å². The first-order chi connectivity index (χ1) is 9.11. The summed E-state index contributed by atoms with van der Waals surface area (Å²) in [6, 6.07) is 14.8. The summed E-state index contributed by atoms with van der Waals surface area (Å²) in [7, 11) is 0. The standard InChI is InChI=1S/C16H19BrN2/c1-11-4-3-5-12(2)15(11)10-16(19-18)13-6-8-14(17)9-7-13/h3-9,16,19H,10,18H2,1-2H3. The predicted molar refractivity (Wildman–Crippen MR) is 83.8 cm³/mol. The van der Waals surface area contributed by atoms with E-state index in [0.717, 1.165) is 10.9 Å². The van der Waals surface area contributed by atoms with Crippen molar-refractivity contribution in [2.45, 2.75) is 26.3 Å². The molecule has 3 N–H and O–H groups in total. The third-order valence-corrected chi connectivity index (χ3v) is 4.05. The van der Waals surface area contributed by atoms with Crippen molar-refractivity contribution in [1.29, 1.82) is 0 Å². The summed E-state index contributed by atoms with van der Waals surface area (Å²) in [5.74, 6) is 5.73. The molecule has 0 saturated heterocycles. The van der Waals surface area contributed by atoms with Crippen LogP contribution in [0.15, 0.2) is 46.9 Å². The summed E-state index contributed by atoms with van der Waals surface area (Å²) >= 11 is 3.45. The maximum absolute atomic E-state index is 5.73. The summed E-state index contributed by atoms with van der Waals surface area (Å²) in [6.07, 6.45) is 0.899. The Morgan fingerprint density at radius 3 is 2.16 bits per heavy atom. The third-order valence-electron chi connectivity index (χ3n) is 3.53. The molecule has 0 saturated carbocycles. The Morgan fingerprint density at radius 2 is 1.63 bits per heavy atom. The van der Waals surface area contributed by atoms with Gasteiger partial charge in [0, 0.05) is 10.5 Å². The van der Waals surface area contributed by atoms with Gasteiger partial charge in [0.1, 0.15) is 0 Å².